The predicted molar refractivity (Wildman–Crippen MR) is 119 cm³/mol. The van der Waals surface area contributed by atoms with Gasteiger partial charge in [-0.1, -0.05) is 55.5 Å². The Morgan fingerprint density at radius 3 is 2.50 bits per heavy atom. The van der Waals surface area contributed by atoms with Gasteiger partial charge >= 0.3 is 5.97 Å². The number of aromatic nitrogens is 1. The highest BCUT2D eigenvalue weighted by Crippen LogP contribution is 2.24. The zero-order valence-electron chi connectivity index (χ0n) is 17.8. The number of benzene rings is 2. The van der Waals surface area contributed by atoms with E-state index in [4.69, 9.17) is 4.74 Å². The van der Waals surface area contributed by atoms with Crippen molar-refractivity contribution in [2.75, 3.05) is 6.61 Å². The SMILES string of the molecule is CCc1nc2ccccc2c(C(=O)OCC(=O)N[C@H](C)CCc2ccccc2)c1C. The van der Waals surface area contributed by atoms with E-state index < -0.39 is 5.97 Å². The van der Waals surface area contributed by atoms with Crippen molar-refractivity contribution in [2.24, 2.45) is 0 Å². The molecule has 5 nitrogen and oxygen atoms in total. The summed E-state index contributed by atoms with van der Waals surface area (Å²) in [6.45, 7) is 5.53. The Labute approximate surface area is 177 Å². The first-order chi connectivity index (χ1) is 14.5. The van der Waals surface area contributed by atoms with E-state index in [-0.39, 0.29) is 18.6 Å². The average molecular weight is 405 g/mol. The van der Waals surface area contributed by atoms with E-state index in [9.17, 15) is 9.59 Å². The van der Waals surface area contributed by atoms with Crippen molar-refractivity contribution >= 4 is 22.8 Å². The maximum Gasteiger partial charge on any atom is 0.339 e. The molecule has 5 heteroatoms. The second kappa shape index (κ2) is 10.0. The number of carbonyl (C=O) groups excluding carboxylic acids is 2. The third-order valence-electron chi connectivity index (χ3n) is 5.23. The Bertz CT molecular complexity index is 1030. The maximum absolute atomic E-state index is 12.8. The smallest absolute Gasteiger partial charge is 0.339 e. The van der Waals surface area contributed by atoms with Gasteiger partial charge in [0.2, 0.25) is 0 Å². The maximum atomic E-state index is 12.8. The number of pyridine rings is 1. The third-order valence-corrected chi connectivity index (χ3v) is 5.23. The van der Waals surface area contributed by atoms with Gasteiger partial charge in [-0.05, 0) is 50.3 Å². The van der Waals surface area contributed by atoms with Crippen LogP contribution in [0.25, 0.3) is 10.9 Å². The highest BCUT2D eigenvalue weighted by Gasteiger charge is 2.19. The fourth-order valence-corrected chi connectivity index (χ4v) is 3.59. The van der Waals surface area contributed by atoms with Crippen molar-refractivity contribution in [3.8, 4) is 0 Å². The first kappa shape index (κ1) is 21.5. The number of ether oxygens (including phenoxy) is 1. The number of para-hydroxylation sites is 1. The lowest BCUT2D eigenvalue weighted by Gasteiger charge is -2.15. The van der Waals surface area contributed by atoms with Crippen LogP contribution in [0.5, 0.6) is 0 Å². The number of fused-ring (bicyclic) bond motifs is 1. The summed E-state index contributed by atoms with van der Waals surface area (Å²) in [6, 6.07) is 17.6. The van der Waals surface area contributed by atoms with Crippen LogP contribution in [0.3, 0.4) is 0 Å². The van der Waals surface area contributed by atoms with Gasteiger partial charge in [0.1, 0.15) is 0 Å². The highest BCUT2D eigenvalue weighted by atomic mass is 16.5. The van der Waals surface area contributed by atoms with Crippen LogP contribution in [0, 0.1) is 6.92 Å². The van der Waals surface area contributed by atoms with Gasteiger partial charge < -0.3 is 10.1 Å². The van der Waals surface area contributed by atoms with Gasteiger partial charge in [-0.3, -0.25) is 9.78 Å². The van der Waals surface area contributed by atoms with E-state index in [1.165, 1.54) is 5.56 Å². The molecule has 1 N–H and O–H groups in total. The van der Waals surface area contributed by atoms with Crippen LogP contribution in [0.4, 0.5) is 0 Å². The van der Waals surface area contributed by atoms with Gasteiger partial charge in [0.05, 0.1) is 11.1 Å². The van der Waals surface area contributed by atoms with Crippen LogP contribution in [-0.2, 0) is 22.4 Å². The van der Waals surface area contributed by atoms with E-state index in [1.807, 2.05) is 63.2 Å². The van der Waals surface area contributed by atoms with Crippen LogP contribution < -0.4 is 5.32 Å². The Morgan fingerprint density at radius 1 is 1.07 bits per heavy atom. The zero-order chi connectivity index (χ0) is 21.5. The minimum absolute atomic E-state index is 0.00778. The third kappa shape index (κ3) is 5.23. The molecule has 1 atom stereocenters. The number of carbonyl (C=O) groups is 2. The molecule has 0 unspecified atom stereocenters. The summed E-state index contributed by atoms with van der Waals surface area (Å²) in [5.74, 6) is -0.788. The summed E-state index contributed by atoms with van der Waals surface area (Å²) in [5, 5.41) is 3.65. The highest BCUT2D eigenvalue weighted by molar-refractivity contribution is 6.05. The Morgan fingerprint density at radius 2 is 1.77 bits per heavy atom. The molecule has 1 heterocycles. The van der Waals surface area contributed by atoms with E-state index >= 15 is 0 Å². The lowest BCUT2D eigenvalue weighted by molar-refractivity contribution is -0.124. The number of esters is 1. The van der Waals surface area contributed by atoms with E-state index in [0.717, 1.165) is 41.4 Å². The molecule has 3 rings (SSSR count). The van der Waals surface area contributed by atoms with Gasteiger partial charge in [0.25, 0.3) is 5.91 Å². The Hall–Kier alpha value is -3.21. The molecule has 0 saturated heterocycles. The van der Waals surface area contributed by atoms with Crippen LogP contribution in [0.2, 0.25) is 0 Å². The predicted octanol–water partition coefficient (Wildman–Crippen LogP) is 4.40. The summed E-state index contributed by atoms with van der Waals surface area (Å²) in [6.07, 6.45) is 2.41. The van der Waals surface area contributed by atoms with Crippen molar-refractivity contribution < 1.29 is 14.3 Å². The van der Waals surface area contributed by atoms with Gasteiger partial charge in [-0.25, -0.2) is 4.79 Å². The number of hydrogen-bond donors (Lipinski definition) is 1. The minimum Gasteiger partial charge on any atom is -0.452 e. The number of amides is 1. The van der Waals surface area contributed by atoms with Crippen molar-refractivity contribution in [2.45, 2.75) is 46.1 Å². The number of rotatable bonds is 8. The zero-order valence-corrected chi connectivity index (χ0v) is 17.8. The van der Waals surface area contributed by atoms with E-state index in [2.05, 4.69) is 22.4 Å². The van der Waals surface area contributed by atoms with Crippen molar-refractivity contribution in [1.82, 2.24) is 10.3 Å². The van der Waals surface area contributed by atoms with Gasteiger partial charge in [-0.2, -0.15) is 0 Å². The fourth-order valence-electron chi connectivity index (χ4n) is 3.59. The number of nitrogens with zero attached hydrogens (tertiary/aromatic N) is 1. The van der Waals surface area contributed by atoms with Crippen LogP contribution in [0.1, 0.15) is 47.4 Å². The Kier molecular flexibility index (Phi) is 7.17. The first-order valence-corrected chi connectivity index (χ1v) is 10.4. The molecule has 156 valence electrons. The number of aryl methyl sites for hydroxylation is 2. The molecule has 0 bridgehead atoms. The fraction of sp³-hybridized carbons (Fsp3) is 0.320. The van der Waals surface area contributed by atoms with Crippen LogP contribution in [0.15, 0.2) is 54.6 Å². The first-order valence-electron chi connectivity index (χ1n) is 10.4. The molecule has 1 aromatic heterocycles. The molecule has 1 amide bonds. The van der Waals surface area contributed by atoms with Crippen LogP contribution in [-0.4, -0.2) is 29.5 Å². The lowest BCUT2D eigenvalue weighted by Crippen LogP contribution is -2.36. The minimum atomic E-state index is -0.493. The molecule has 0 saturated carbocycles. The second-order valence-electron chi connectivity index (χ2n) is 7.50. The summed E-state index contributed by atoms with van der Waals surface area (Å²) >= 11 is 0. The van der Waals surface area contributed by atoms with Crippen molar-refractivity contribution in [3.63, 3.8) is 0 Å². The standard InChI is InChI=1S/C25H28N2O3/c1-4-21-18(3)24(20-12-8-9-13-22(20)27-21)25(29)30-16-23(28)26-17(2)14-15-19-10-6-5-7-11-19/h5-13,17H,4,14-16H2,1-3H3,(H,26,28)/t17-/m1/s1. The second-order valence-corrected chi connectivity index (χ2v) is 7.50. The molecule has 0 spiro atoms. The van der Waals surface area contributed by atoms with Crippen LogP contribution >= 0.6 is 0 Å². The van der Waals surface area contributed by atoms with Gasteiger partial charge in [0.15, 0.2) is 6.61 Å². The normalized spacial score (nSPS) is 11.8. The largest absolute Gasteiger partial charge is 0.452 e. The monoisotopic (exact) mass is 404 g/mol. The molecule has 0 aliphatic carbocycles. The Balaban J connectivity index is 1.60. The summed E-state index contributed by atoms with van der Waals surface area (Å²) in [5.41, 5.74) is 4.14. The molecular formula is C25H28N2O3. The average Bonchev–Trinajstić information content (AvgIpc) is 2.76. The lowest BCUT2D eigenvalue weighted by atomic mass is 10.0. The molecule has 0 aliphatic heterocycles. The molecular weight excluding hydrogens is 376 g/mol. The summed E-state index contributed by atoms with van der Waals surface area (Å²) < 4.78 is 5.36. The van der Waals surface area contributed by atoms with E-state index in [0.29, 0.717) is 5.56 Å². The van der Waals surface area contributed by atoms with Gasteiger partial charge in [0, 0.05) is 17.1 Å². The topological polar surface area (TPSA) is 68.3 Å². The van der Waals surface area contributed by atoms with Gasteiger partial charge in [-0.15, -0.1) is 0 Å². The molecule has 0 fully saturated rings. The molecule has 0 radical (unpaired) electrons. The summed E-state index contributed by atoms with van der Waals surface area (Å²) in [4.78, 5) is 29.7. The number of hydrogen-bond acceptors (Lipinski definition) is 4. The molecule has 2 aromatic carbocycles. The van der Waals surface area contributed by atoms with E-state index in [1.54, 1.807) is 0 Å². The number of nitrogens with one attached hydrogen (secondary N) is 1. The molecule has 3 aromatic rings. The molecule has 0 aliphatic rings. The quantitative estimate of drug-likeness (QED) is 0.565. The molecule has 30 heavy (non-hydrogen) atoms. The van der Waals surface area contributed by atoms with Crippen molar-refractivity contribution in [1.29, 1.82) is 0 Å². The summed E-state index contributed by atoms with van der Waals surface area (Å²) in [7, 11) is 0. The van der Waals surface area contributed by atoms with Crippen molar-refractivity contribution in [3.05, 3.63) is 77.0 Å².